The van der Waals surface area contributed by atoms with Crippen LogP contribution >= 0.6 is 11.6 Å². The van der Waals surface area contributed by atoms with Crippen LogP contribution in [0.25, 0.3) is 0 Å². The summed E-state index contributed by atoms with van der Waals surface area (Å²) in [7, 11) is -3.67. The topological polar surface area (TPSA) is 95.6 Å². The van der Waals surface area contributed by atoms with E-state index in [2.05, 4.69) is 10.6 Å². The van der Waals surface area contributed by atoms with Crippen LogP contribution in [0.5, 0.6) is 0 Å². The average Bonchev–Trinajstić information content (AvgIpc) is 2.69. The number of halogens is 1. The summed E-state index contributed by atoms with van der Waals surface area (Å²) in [5.74, 6) is -0.559. The molecule has 9 heteroatoms. The molecule has 156 valence electrons. The molecule has 7 nitrogen and oxygen atoms in total. The van der Waals surface area contributed by atoms with Crippen LogP contribution in [0.3, 0.4) is 0 Å². The van der Waals surface area contributed by atoms with Crippen molar-refractivity contribution in [2.75, 3.05) is 18.4 Å². The molecular weight excluding hydrogens is 414 g/mol. The van der Waals surface area contributed by atoms with E-state index >= 15 is 0 Å². The standard InChI is InChI=1S/C20H24ClN3O4S/c1-4-24(5-2)29(27,28)17-10-11-18(21)19(12-17)23-20(26)16-8-6-15(7-9-16)13-22-14(3)25/h6-12H,4-5,13H2,1-3H3,(H,22,25)(H,23,26). The van der Waals surface area contributed by atoms with Crippen LogP contribution in [0.4, 0.5) is 5.69 Å². The third-order valence-corrected chi connectivity index (χ3v) is 6.66. The fraction of sp³-hybridized carbons (Fsp3) is 0.300. The van der Waals surface area contributed by atoms with Crippen LogP contribution < -0.4 is 10.6 Å². The summed E-state index contributed by atoms with van der Waals surface area (Å²) >= 11 is 6.16. The molecule has 0 radical (unpaired) electrons. The first-order chi connectivity index (χ1) is 13.7. The number of amides is 2. The van der Waals surface area contributed by atoms with E-state index in [1.807, 2.05) is 0 Å². The molecule has 0 spiro atoms. The Morgan fingerprint density at radius 2 is 1.66 bits per heavy atom. The SMILES string of the molecule is CCN(CC)S(=O)(=O)c1ccc(Cl)c(NC(=O)c2ccc(CNC(C)=O)cc2)c1. The summed E-state index contributed by atoms with van der Waals surface area (Å²) in [4.78, 5) is 23.6. The van der Waals surface area contributed by atoms with Gasteiger partial charge in [-0.05, 0) is 35.9 Å². The number of anilines is 1. The molecule has 29 heavy (non-hydrogen) atoms. The normalized spacial score (nSPS) is 11.3. The number of rotatable bonds is 8. The third kappa shape index (κ3) is 5.79. The Bertz CT molecular complexity index is 987. The fourth-order valence-corrected chi connectivity index (χ4v) is 4.32. The van der Waals surface area contributed by atoms with E-state index in [0.717, 1.165) is 5.56 Å². The van der Waals surface area contributed by atoms with Gasteiger partial charge in [0.05, 0.1) is 15.6 Å². The molecule has 0 bridgehead atoms. The zero-order valence-electron chi connectivity index (χ0n) is 16.5. The Morgan fingerprint density at radius 1 is 1.03 bits per heavy atom. The van der Waals surface area contributed by atoms with Crippen molar-refractivity contribution < 1.29 is 18.0 Å². The molecule has 2 rings (SSSR count). The van der Waals surface area contributed by atoms with Gasteiger partial charge in [0.15, 0.2) is 0 Å². The lowest BCUT2D eigenvalue weighted by Gasteiger charge is -2.19. The fourth-order valence-electron chi connectivity index (χ4n) is 2.67. The minimum atomic E-state index is -3.67. The highest BCUT2D eigenvalue weighted by Crippen LogP contribution is 2.27. The summed E-state index contributed by atoms with van der Waals surface area (Å²) in [6, 6.07) is 10.9. The highest BCUT2D eigenvalue weighted by atomic mass is 35.5. The average molecular weight is 438 g/mol. The third-order valence-electron chi connectivity index (χ3n) is 4.29. The predicted octanol–water partition coefficient (Wildman–Crippen LogP) is 3.26. The van der Waals surface area contributed by atoms with Gasteiger partial charge in [-0.3, -0.25) is 9.59 Å². The molecule has 0 atom stereocenters. The van der Waals surface area contributed by atoms with E-state index in [0.29, 0.717) is 25.2 Å². The highest BCUT2D eigenvalue weighted by Gasteiger charge is 2.23. The van der Waals surface area contributed by atoms with Crippen LogP contribution in [0, 0.1) is 0 Å². The molecular formula is C20H24ClN3O4S. The molecule has 0 saturated heterocycles. The Labute approximate surface area is 176 Å². The van der Waals surface area contributed by atoms with Gasteiger partial charge < -0.3 is 10.6 Å². The molecule has 2 N–H and O–H groups in total. The first kappa shape index (κ1) is 22.9. The van der Waals surface area contributed by atoms with Crippen molar-refractivity contribution in [1.29, 1.82) is 0 Å². The van der Waals surface area contributed by atoms with E-state index in [4.69, 9.17) is 11.6 Å². The van der Waals surface area contributed by atoms with Crippen molar-refractivity contribution in [3.63, 3.8) is 0 Å². The first-order valence-corrected chi connectivity index (χ1v) is 10.9. The molecule has 2 amide bonds. The zero-order chi connectivity index (χ0) is 21.6. The van der Waals surface area contributed by atoms with Gasteiger partial charge in [0.25, 0.3) is 5.91 Å². The molecule has 0 unspecified atom stereocenters. The van der Waals surface area contributed by atoms with Crippen LogP contribution in [0.1, 0.15) is 36.7 Å². The number of carbonyl (C=O) groups excluding carboxylic acids is 2. The number of sulfonamides is 1. The van der Waals surface area contributed by atoms with Crippen molar-refractivity contribution in [3.8, 4) is 0 Å². The lowest BCUT2D eigenvalue weighted by Crippen LogP contribution is -2.30. The monoisotopic (exact) mass is 437 g/mol. The molecule has 0 aliphatic rings. The van der Waals surface area contributed by atoms with Crippen LogP contribution in [-0.4, -0.2) is 37.6 Å². The summed E-state index contributed by atoms with van der Waals surface area (Å²) in [5.41, 5.74) is 1.44. The van der Waals surface area contributed by atoms with Crippen LogP contribution in [0.15, 0.2) is 47.4 Å². The number of nitrogens with zero attached hydrogens (tertiary/aromatic N) is 1. The molecule has 0 fully saturated rings. The molecule has 0 saturated carbocycles. The lowest BCUT2D eigenvalue weighted by atomic mass is 10.1. The number of hydrogen-bond acceptors (Lipinski definition) is 4. The van der Waals surface area contributed by atoms with E-state index in [1.54, 1.807) is 38.1 Å². The van der Waals surface area contributed by atoms with Gasteiger partial charge >= 0.3 is 0 Å². The van der Waals surface area contributed by atoms with Gasteiger partial charge in [-0.1, -0.05) is 37.6 Å². The maximum atomic E-state index is 12.7. The maximum Gasteiger partial charge on any atom is 0.255 e. The van der Waals surface area contributed by atoms with Crippen LogP contribution in [-0.2, 0) is 21.4 Å². The number of benzene rings is 2. The first-order valence-electron chi connectivity index (χ1n) is 9.13. The van der Waals surface area contributed by atoms with Crippen molar-refractivity contribution in [1.82, 2.24) is 9.62 Å². The van der Waals surface area contributed by atoms with Gasteiger partial charge in [0.2, 0.25) is 15.9 Å². The Kier molecular flexibility index (Phi) is 7.78. The number of nitrogens with one attached hydrogen (secondary N) is 2. The Morgan fingerprint density at radius 3 is 2.21 bits per heavy atom. The Balaban J connectivity index is 2.21. The van der Waals surface area contributed by atoms with Gasteiger partial charge in [0, 0.05) is 32.1 Å². The lowest BCUT2D eigenvalue weighted by molar-refractivity contribution is -0.119. The second kappa shape index (κ2) is 9.87. The molecule has 2 aromatic rings. The molecule has 0 aliphatic carbocycles. The van der Waals surface area contributed by atoms with Crippen LogP contribution in [0.2, 0.25) is 5.02 Å². The summed E-state index contributed by atoms with van der Waals surface area (Å²) < 4.78 is 26.7. The minimum absolute atomic E-state index is 0.0616. The summed E-state index contributed by atoms with van der Waals surface area (Å²) in [6.45, 7) is 6.00. The van der Waals surface area contributed by atoms with E-state index in [1.165, 1.54) is 29.4 Å². The molecule has 2 aromatic carbocycles. The summed E-state index contributed by atoms with van der Waals surface area (Å²) in [6.07, 6.45) is 0. The second-order valence-electron chi connectivity index (χ2n) is 6.29. The number of carbonyl (C=O) groups is 2. The Hall–Kier alpha value is -2.42. The van der Waals surface area contributed by atoms with E-state index in [9.17, 15) is 18.0 Å². The van der Waals surface area contributed by atoms with Crippen molar-refractivity contribution in [3.05, 3.63) is 58.6 Å². The van der Waals surface area contributed by atoms with E-state index in [-0.39, 0.29) is 21.5 Å². The van der Waals surface area contributed by atoms with Gasteiger partial charge in [-0.2, -0.15) is 4.31 Å². The van der Waals surface area contributed by atoms with E-state index < -0.39 is 15.9 Å². The van der Waals surface area contributed by atoms with Crippen molar-refractivity contribution >= 4 is 39.1 Å². The van der Waals surface area contributed by atoms with Gasteiger partial charge in [-0.25, -0.2) is 8.42 Å². The predicted molar refractivity (Wildman–Crippen MR) is 113 cm³/mol. The summed E-state index contributed by atoms with van der Waals surface area (Å²) in [5, 5.41) is 5.57. The van der Waals surface area contributed by atoms with Crippen molar-refractivity contribution in [2.45, 2.75) is 32.2 Å². The smallest absolute Gasteiger partial charge is 0.255 e. The minimum Gasteiger partial charge on any atom is -0.352 e. The van der Waals surface area contributed by atoms with Crippen molar-refractivity contribution in [2.24, 2.45) is 0 Å². The zero-order valence-corrected chi connectivity index (χ0v) is 18.1. The molecule has 0 aliphatic heterocycles. The second-order valence-corrected chi connectivity index (χ2v) is 8.64. The molecule has 0 heterocycles. The highest BCUT2D eigenvalue weighted by molar-refractivity contribution is 7.89. The maximum absolute atomic E-state index is 12.7. The van der Waals surface area contributed by atoms with Gasteiger partial charge in [0.1, 0.15) is 0 Å². The quantitative estimate of drug-likeness (QED) is 0.662. The van der Waals surface area contributed by atoms with Gasteiger partial charge in [-0.15, -0.1) is 0 Å². The molecule has 0 aromatic heterocycles. The largest absolute Gasteiger partial charge is 0.352 e. The number of hydrogen-bond donors (Lipinski definition) is 2.